The molecule has 0 spiro atoms. The van der Waals surface area contributed by atoms with Gasteiger partial charge in [0.15, 0.2) is 0 Å². The Labute approximate surface area is 138 Å². The average molecular weight is 314 g/mol. The van der Waals surface area contributed by atoms with E-state index in [0.717, 1.165) is 22.6 Å². The summed E-state index contributed by atoms with van der Waals surface area (Å²) in [5, 5.41) is 0. The van der Waals surface area contributed by atoms with Crippen LogP contribution in [-0.4, -0.2) is 20.3 Å². The highest BCUT2D eigenvalue weighted by molar-refractivity contribution is 5.44. The molecule has 23 heavy (non-hydrogen) atoms. The third-order valence-electron chi connectivity index (χ3n) is 4.38. The molecule has 0 saturated heterocycles. The van der Waals surface area contributed by atoms with Gasteiger partial charge in [0.2, 0.25) is 0 Å². The van der Waals surface area contributed by atoms with Crippen molar-refractivity contribution in [3.63, 3.8) is 0 Å². The molecule has 0 heterocycles. The van der Waals surface area contributed by atoms with E-state index in [-0.39, 0.29) is 12.0 Å². The first-order valence-corrected chi connectivity index (χ1v) is 7.77. The molecule has 2 aromatic rings. The highest BCUT2D eigenvalue weighted by atomic mass is 16.5. The first-order valence-electron chi connectivity index (χ1n) is 7.77. The van der Waals surface area contributed by atoms with Crippen molar-refractivity contribution in [2.75, 3.05) is 14.2 Å². The standard InChI is InChI=1S/C19H26N2O2/c1-13(2)18(20)19(21,14-5-9-16(22-3)10-6-14)15-7-11-17(23-4)12-8-15/h5-13,18H,20-21H2,1-4H3/t18-/m1/s1. The van der Waals surface area contributed by atoms with Gasteiger partial charge in [-0.15, -0.1) is 0 Å². The van der Waals surface area contributed by atoms with Gasteiger partial charge < -0.3 is 20.9 Å². The van der Waals surface area contributed by atoms with Crippen molar-refractivity contribution in [2.24, 2.45) is 17.4 Å². The minimum absolute atomic E-state index is 0.226. The first kappa shape index (κ1) is 17.3. The topological polar surface area (TPSA) is 70.5 Å². The number of ether oxygens (including phenoxy) is 2. The van der Waals surface area contributed by atoms with Crippen molar-refractivity contribution in [1.29, 1.82) is 0 Å². The van der Waals surface area contributed by atoms with E-state index in [2.05, 4.69) is 13.8 Å². The van der Waals surface area contributed by atoms with Crippen LogP contribution in [0.3, 0.4) is 0 Å². The Morgan fingerprint density at radius 1 is 0.783 bits per heavy atom. The van der Waals surface area contributed by atoms with Crippen LogP contribution in [0.25, 0.3) is 0 Å². The Hall–Kier alpha value is -2.04. The van der Waals surface area contributed by atoms with Crippen LogP contribution in [0.1, 0.15) is 25.0 Å². The second-order valence-electron chi connectivity index (χ2n) is 6.10. The summed E-state index contributed by atoms with van der Waals surface area (Å²) in [5.41, 5.74) is 14.5. The summed E-state index contributed by atoms with van der Waals surface area (Å²) < 4.78 is 10.5. The maximum atomic E-state index is 6.86. The molecule has 0 aliphatic heterocycles. The van der Waals surface area contributed by atoms with Crippen molar-refractivity contribution in [3.8, 4) is 11.5 Å². The summed E-state index contributed by atoms with van der Waals surface area (Å²) in [5.74, 6) is 1.82. The molecule has 0 aliphatic rings. The second-order valence-corrected chi connectivity index (χ2v) is 6.10. The lowest BCUT2D eigenvalue weighted by atomic mass is 9.74. The summed E-state index contributed by atoms with van der Waals surface area (Å²) >= 11 is 0. The molecule has 2 rings (SSSR count). The van der Waals surface area contributed by atoms with Crippen LogP contribution >= 0.6 is 0 Å². The van der Waals surface area contributed by atoms with Gasteiger partial charge >= 0.3 is 0 Å². The van der Waals surface area contributed by atoms with Gasteiger partial charge in [0.25, 0.3) is 0 Å². The van der Waals surface area contributed by atoms with Gasteiger partial charge in [-0.1, -0.05) is 38.1 Å². The fourth-order valence-electron chi connectivity index (χ4n) is 2.81. The highest BCUT2D eigenvalue weighted by Crippen LogP contribution is 2.34. The van der Waals surface area contributed by atoms with E-state index in [0.29, 0.717) is 0 Å². The normalized spacial score (nSPS) is 13.0. The number of hydrogen-bond donors (Lipinski definition) is 2. The van der Waals surface area contributed by atoms with Crippen LogP contribution in [0.5, 0.6) is 11.5 Å². The molecule has 1 atom stereocenters. The van der Waals surface area contributed by atoms with Crippen LogP contribution in [0.15, 0.2) is 48.5 Å². The van der Waals surface area contributed by atoms with E-state index >= 15 is 0 Å². The average Bonchev–Trinajstić information content (AvgIpc) is 2.60. The minimum atomic E-state index is -0.785. The number of rotatable bonds is 6. The number of hydrogen-bond acceptors (Lipinski definition) is 4. The predicted molar refractivity (Wildman–Crippen MR) is 93.8 cm³/mol. The maximum absolute atomic E-state index is 6.86. The third kappa shape index (κ3) is 3.33. The van der Waals surface area contributed by atoms with Crippen molar-refractivity contribution >= 4 is 0 Å². The summed E-state index contributed by atoms with van der Waals surface area (Å²) in [7, 11) is 3.29. The molecule has 0 aliphatic carbocycles. The largest absolute Gasteiger partial charge is 0.497 e. The van der Waals surface area contributed by atoms with Crippen LogP contribution in [0, 0.1) is 5.92 Å². The van der Waals surface area contributed by atoms with Crippen molar-refractivity contribution < 1.29 is 9.47 Å². The lowest BCUT2D eigenvalue weighted by Crippen LogP contribution is -2.55. The molecule has 0 saturated carbocycles. The van der Waals surface area contributed by atoms with Crippen LogP contribution in [0.2, 0.25) is 0 Å². The zero-order chi connectivity index (χ0) is 17.0. The molecule has 0 amide bonds. The van der Waals surface area contributed by atoms with Crippen LogP contribution in [0.4, 0.5) is 0 Å². The van der Waals surface area contributed by atoms with Gasteiger partial charge in [0.1, 0.15) is 11.5 Å². The summed E-state index contributed by atoms with van der Waals surface area (Å²) in [4.78, 5) is 0. The molecule has 4 nitrogen and oxygen atoms in total. The van der Waals surface area contributed by atoms with Gasteiger partial charge in [0, 0.05) is 6.04 Å². The zero-order valence-electron chi connectivity index (χ0n) is 14.2. The maximum Gasteiger partial charge on any atom is 0.118 e. The summed E-state index contributed by atoms with van der Waals surface area (Å²) in [6.45, 7) is 4.17. The molecular formula is C19H26N2O2. The number of nitrogens with two attached hydrogens (primary N) is 2. The van der Waals surface area contributed by atoms with Crippen molar-refractivity contribution in [3.05, 3.63) is 59.7 Å². The van der Waals surface area contributed by atoms with E-state index < -0.39 is 5.54 Å². The summed E-state index contributed by atoms with van der Waals surface area (Å²) in [6.07, 6.45) is 0. The van der Waals surface area contributed by atoms with Crippen LogP contribution in [-0.2, 0) is 5.54 Å². The quantitative estimate of drug-likeness (QED) is 0.860. The lowest BCUT2D eigenvalue weighted by Gasteiger charge is -2.38. The predicted octanol–water partition coefficient (Wildman–Crippen LogP) is 2.89. The van der Waals surface area contributed by atoms with E-state index in [1.807, 2.05) is 48.5 Å². The van der Waals surface area contributed by atoms with Gasteiger partial charge in [-0.05, 0) is 41.3 Å². The van der Waals surface area contributed by atoms with E-state index in [4.69, 9.17) is 20.9 Å². The minimum Gasteiger partial charge on any atom is -0.497 e. The molecule has 2 aromatic carbocycles. The van der Waals surface area contributed by atoms with E-state index in [1.54, 1.807) is 14.2 Å². The van der Waals surface area contributed by atoms with E-state index in [9.17, 15) is 0 Å². The lowest BCUT2D eigenvalue weighted by molar-refractivity contribution is 0.336. The fraction of sp³-hybridized carbons (Fsp3) is 0.368. The molecule has 0 bridgehead atoms. The molecule has 0 unspecified atom stereocenters. The highest BCUT2D eigenvalue weighted by Gasteiger charge is 2.38. The third-order valence-corrected chi connectivity index (χ3v) is 4.38. The first-order chi connectivity index (χ1) is 10.9. The molecule has 124 valence electrons. The van der Waals surface area contributed by atoms with Crippen molar-refractivity contribution in [1.82, 2.24) is 0 Å². The molecule has 0 aromatic heterocycles. The van der Waals surface area contributed by atoms with Crippen molar-refractivity contribution in [2.45, 2.75) is 25.4 Å². The second kappa shape index (κ2) is 7.02. The molecule has 4 heteroatoms. The molecule has 4 N–H and O–H groups in total. The fourth-order valence-corrected chi connectivity index (χ4v) is 2.81. The Bertz CT molecular complexity index is 573. The van der Waals surface area contributed by atoms with Gasteiger partial charge in [-0.25, -0.2) is 0 Å². The van der Waals surface area contributed by atoms with E-state index in [1.165, 1.54) is 0 Å². The molecule has 0 fully saturated rings. The summed E-state index contributed by atoms with van der Waals surface area (Å²) in [6, 6.07) is 15.3. The van der Waals surface area contributed by atoms with Gasteiger partial charge in [0.05, 0.1) is 19.8 Å². The van der Waals surface area contributed by atoms with Crippen LogP contribution < -0.4 is 20.9 Å². The SMILES string of the molecule is COc1ccc(C(N)(c2ccc(OC)cc2)[C@H](N)C(C)C)cc1. The van der Waals surface area contributed by atoms with Gasteiger partial charge in [-0.3, -0.25) is 0 Å². The van der Waals surface area contributed by atoms with Gasteiger partial charge in [-0.2, -0.15) is 0 Å². The zero-order valence-corrected chi connectivity index (χ0v) is 14.2. The molecule has 0 radical (unpaired) electrons. The number of methoxy groups -OCH3 is 2. The number of benzene rings is 2. The Kier molecular flexibility index (Phi) is 5.29. The smallest absolute Gasteiger partial charge is 0.118 e. The monoisotopic (exact) mass is 314 g/mol. The molecular weight excluding hydrogens is 288 g/mol. The Balaban J connectivity index is 2.53. The Morgan fingerprint density at radius 2 is 1.13 bits per heavy atom. The Morgan fingerprint density at radius 3 is 1.39 bits per heavy atom.